The number of fused-ring (bicyclic) bond motifs is 1. The Bertz CT molecular complexity index is 1010. The van der Waals surface area contributed by atoms with E-state index in [-0.39, 0.29) is 31.4 Å². The molecule has 6 N–H and O–H groups in total. The Labute approximate surface area is 178 Å². The molecule has 1 aromatic carbocycles. The van der Waals surface area contributed by atoms with Crippen molar-refractivity contribution in [1.29, 1.82) is 0 Å². The number of carbonyl (C=O) groups is 4. The van der Waals surface area contributed by atoms with Crippen molar-refractivity contribution in [3.8, 4) is 5.75 Å². The number of nitrogens with two attached hydrogens (primary N) is 2. The second kappa shape index (κ2) is 9.24. The van der Waals surface area contributed by atoms with Crippen LogP contribution in [0.5, 0.6) is 5.75 Å². The molecule has 1 unspecified atom stereocenters. The van der Waals surface area contributed by atoms with Gasteiger partial charge in [0.25, 0.3) is 5.91 Å². The summed E-state index contributed by atoms with van der Waals surface area (Å²) in [5, 5.41) is 12.1. The third-order valence-electron chi connectivity index (χ3n) is 5.04. The van der Waals surface area contributed by atoms with E-state index in [0.717, 1.165) is 0 Å². The average Bonchev–Trinajstić information content (AvgIpc) is 2.73. The number of nitrogens with one attached hydrogen (secondary N) is 1. The number of carbonyl (C=O) groups excluding carboxylic acids is 4. The number of benzene rings is 1. The first-order valence-corrected chi connectivity index (χ1v) is 9.67. The molecule has 1 aromatic heterocycles. The number of nitrogens with zero attached hydrogens (tertiary/aromatic N) is 2. The van der Waals surface area contributed by atoms with Gasteiger partial charge in [-0.2, -0.15) is 0 Å². The van der Waals surface area contributed by atoms with Crippen molar-refractivity contribution in [1.82, 2.24) is 10.3 Å². The summed E-state index contributed by atoms with van der Waals surface area (Å²) in [6.07, 6.45) is 3.08. The smallest absolute Gasteiger partial charge is 0.250 e. The fraction of sp³-hybridized carbons (Fsp3) is 0.286. The van der Waals surface area contributed by atoms with Gasteiger partial charge in [0.15, 0.2) is 0 Å². The SMILES string of the molecule is NC(=O)CCC(=O)N[C@@H]1Cc2cnccc2N(C(Cc2ccc(O)cc2)C(N)=O)C1=O. The molecule has 3 rings (SSSR count). The third-order valence-corrected chi connectivity index (χ3v) is 5.04. The van der Waals surface area contributed by atoms with Gasteiger partial charge < -0.3 is 21.9 Å². The third kappa shape index (κ3) is 5.16. The maximum atomic E-state index is 13.3. The number of primary amides is 2. The van der Waals surface area contributed by atoms with Crippen molar-refractivity contribution in [2.75, 3.05) is 4.90 Å². The average molecular weight is 425 g/mol. The Hall–Kier alpha value is -3.95. The van der Waals surface area contributed by atoms with Crippen LogP contribution >= 0.6 is 0 Å². The zero-order valence-electron chi connectivity index (χ0n) is 16.7. The molecule has 10 heteroatoms. The van der Waals surface area contributed by atoms with Crippen molar-refractivity contribution in [3.63, 3.8) is 0 Å². The predicted molar refractivity (Wildman–Crippen MR) is 111 cm³/mol. The van der Waals surface area contributed by atoms with E-state index in [1.165, 1.54) is 23.2 Å². The van der Waals surface area contributed by atoms with Gasteiger partial charge in [-0.3, -0.25) is 29.1 Å². The lowest BCUT2D eigenvalue weighted by Gasteiger charge is -2.38. The fourth-order valence-electron chi connectivity index (χ4n) is 3.52. The molecule has 0 spiro atoms. The van der Waals surface area contributed by atoms with E-state index in [1.54, 1.807) is 24.4 Å². The van der Waals surface area contributed by atoms with E-state index in [9.17, 15) is 24.3 Å². The highest BCUT2D eigenvalue weighted by Gasteiger charge is 2.39. The van der Waals surface area contributed by atoms with E-state index in [4.69, 9.17) is 11.5 Å². The van der Waals surface area contributed by atoms with Crippen molar-refractivity contribution in [3.05, 3.63) is 53.9 Å². The van der Waals surface area contributed by atoms with Crippen LogP contribution in [-0.2, 0) is 32.0 Å². The zero-order valence-corrected chi connectivity index (χ0v) is 16.7. The summed E-state index contributed by atoms with van der Waals surface area (Å²) >= 11 is 0. The molecular formula is C21H23N5O5. The molecule has 1 aliphatic heterocycles. The zero-order chi connectivity index (χ0) is 22.5. The number of hydrogen-bond donors (Lipinski definition) is 4. The second-order valence-corrected chi connectivity index (χ2v) is 7.29. The van der Waals surface area contributed by atoms with Crippen molar-refractivity contribution >= 4 is 29.3 Å². The van der Waals surface area contributed by atoms with Gasteiger partial charge in [0.1, 0.15) is 17.8 Å². The Morgan fingerprint density at radius 3 is 2.52 bits per heavy atom. The van der Waals surface area contributed by atoms with Gasteiger partial charge in [0, 0.05) is 38.1 Å². The van der Waals surface area contributed by atoms with Crippen molar-refractivity contribution in [2.24, 2.45) is 11.5 Å². The maximum absolute atomic E-state index is 13.3. The summed E-state index contributed by atoms with van der Waals surface area (Å²) in [5.41, 5.74) is 12.6. The number of rotatable bonds is 8. The fourth-order valence-corrected chi connectivity index (χ4v) is 3.52. The predicted octanol–water partition coefficient (Wildman–Crippen LogP) is -0.477. The van der Waals surface area contributed by atoms with Crippen LogP contribution in [0.25, 0.3) is 0 Å². The number of hydrogen-bond acceptors (Lipinski definition) is 6. The van der Waals surface area contributed by atoms with Gasteiger partial charge in [0.05, 0.1) is 5.69 Å². The van der Waals surface area contributed by atoms with Crippen molar-refractivity contribution in [2.45, 2.75) is 37.8 Å². The lowest BCUT2D eigenvalue weighted by atomic mass is 9.94. The van der Waals surface area contributed by atoms with Gasteiger partial charge in [-0.1, -0.05) is 12.1 Å². The molecule has 0 fully saturated rings. The number of aromatic hydroxyl groups is 1. The minimum atomic E-state index is -1.02. The molecule has 0 saturated heterocycles. The summed E-state index contributed by atoms with van der Waals surface area (Å²) in [7, 11) is 0. The van der Waals surface area contributed by atoms with Gasteiger partial charge >= 0.3 is 0 Å². The number of phenols is 1. The molecule has 31 heavy (non-hydrogen) atoms. The Morgan fingerprint density at radius 2 is 1.87 bits per heavy atom. The highest BCUT2D eigenvalue weighted by atomic mass is 16.3. The molecule has 2 aromatic rings. The topological polar surface area (TPSA) is 169 Å². The van der Waals surface area contributed by atoms with Crippen molar-refractivity contribution < 1.29 is 24.3 Å². The number of amides is 4. The number of aromatic nitrogens is 1. The van der Waals surface area contributed by atoms with Crippen LogP contribution in [0.2, 0.25) is 0 Å². The molecular weight excluding hydrogens is 402 g/mol. The van der Waals surface area contributed by atoms with Gasteiger partial charge in [-0.15, -0.1) is 0 Å². The van der Waals surface area contributed by atoms with Crippen LogP contribution in [0.4, 0.5) is 5.69 Å². The lowest BCUT2D eigenvalue weighted by Crippen LogP contribution is -2.59. The molecule has 10 nitrogen and oxygen atoms in total. The maximum Gasteiger partial charge on any atom is 0.250 e. The van der Waals surface area contributed by atoms with E-state index in [1.807, 2.05) is 0 Å². The summed E-state index contributed by atoms with van der Waals surface area (Å²) in [4.78, 5) is 54.1. The van der Waals surface area contributed by atoms with E-state index >= 15 is 0 Å². The first-order chi connectivity index (χ1) is 14.8. The van der Waals surface area contributed by atoms with Crippen LogP contribution in [0.15, 0.2) is 42.7 Å². The normalized spacial score (nSPS) is 16.3. The number of anilines is 1. The van der Waals surface area contributed by atoms with Gasteiger partial charge in [-0.05, 0) is 29.3 Å². The summed E-state index contributed by atoms with van der Waals surface area (Å²) < 4.78 is 0. The Balaban J connectivity index is 1.90. The summed E-state index contributed by atoms with van der Waals surface area (Å²) in [6.45, 7) is 0. The Kier molecular flexibility index (Phi) is 6.49. The number of pyridine rings is 1. The second-order valence-electron chi connectivity index (χ2n) is 7.29. The molecule has 2 atom stereocenters. The summed E-state index contributed by atoms with van der Waals surface area (Å²) in [5.74, 6) is -2.26. The highest BCUT2D eigenvalue weighted by Crippen LogP contribution is 2.30. The van der Waals surface area contributed by atoms with Gasteiger partial charge in [0.2, 0.25) is 17.7 Å². The molecule has 162 valence electrons. The molecule has 4 amide bonds. The molecule has 0 radical (unpaired) electrons. The monoisotopic (exact) mass is 425 g/mol. The first-order valence-electron chi connectivity index (χ1n) is 9.67. The van der Waals surface area contributed by atoms with Crippen LogP contribution in [0.1, 0.15) is 24.0 Å². The molecule has 0 bridgehead atoms. The minimum Gasteiger partial charge on any atom is -0.508 e. The van der Waals surface area contributed by atoms with E-state index in [0.29, 0.717) is 16.8 Å². The standard InChI is InChI=1S/C21H23N5O5/c22-18(28)5-6-19(29)25-15-10-13-11-24-8-7-16(13)26(21(15)31)17(20(23)30)9-12-1-3-14(27)4-2-12/h1-4,7-8,11,15,17,27H,5-6,9-10H2,(H2,22,28)(H2,23,30)(H,25,29)/t15-,17?/m1/s1. The van der Waals surface area contributed by atoms with Crippen LogP contribution < -0.4 is 21.7 Å². The molecule has 1 aliphatic rings. The molecule has 0 saturated carbocycles. The summed E-state index contributed by atoms with van der Waals surface area (Å²) in [6, 6.07) is 5.87. The van der Waals surface area contributed by atoms with Crippen LogP contribution in [0.3, 0.4) is 0 Å². The number of phenolic OH excluding ortho intramolecular Hbond substituents is 1. The van der Waals surface area contributed by atoms with Crippen LogP contribution in [0, 0.1) is 0 Å². The molecule has 0 aliphatic carbocycles. The lowest BCUT2D eigenvalue weighted by molar-refractivity contribution is -0.130. The molecule has 2 heterocycles. The van der Waals surface area contributed by atoms with E-state index in [2.05, 4.69) is 10.3 Å². The quantitative estimate of drug-likeness (QED) is 0.445. The van der Waals surface area contributed by atoms with Crippen LogP contribution in [-0.4, -0.2) is 45.8 Å². The minimum absolute atomic E-state index is 0.0728. The first kappa shape index (κ1) is 21.8. The van der Waals surface area contributed by atoms with Gasteiger partial charge in [-0.25, -0.2) is 0 Å². The van der Waals surface area contributed by atoms with E-state index < -0.39 is 35.7 Å². The largest absolute Gasteiger partial charge is 0.508 e. The highest BCUT2D eigenvalue weighted by molar-refractivity contribution is 6.06. The Morgan fingerprint density at radius 1 is 1.16 bits per heavy atom.